The van der Waals surface area contributed by atoms with Crippen LogP contribution in [0, 0.1) is 0 Å². The summed E-state index contributed by atoms with van der Waals surface area (Å²) in [6, 6.07) is 8.14. The maximum Gasteiger partial charge on any atom is 0.387 e. The Kier molecular flexibility index (Phi) is 5.05. The summed E-state index contributed by atoms with van der Waals surface area (Å²) in [5.74, 6) is 0.731. The zero-order valence-electron chi connectivity index (χ0n) is 11.7. The summed E-state index contributed by atoms with van der Waals surface area (Å²) >= 11 is 0. The second-order valence-corrected chi connectivity index (χ2v) is 4.30. The second-order valence-electron chi connectivity index (χ2n) is 4.30. The topological polar surface area (TPSA) is 43.4 Å². The van der Waals surface area contributed by atoms with E-state index in [0.717, 1.165) is 5.56 Å². The van der Waals surface area contributed by atoms with Crippen LogP contribution >= 0.6 is 0 Å². The van der Waals surface area contributed by atoms with Crippen LogP contribution < -0.4 is 14.8 Å². The Balaban J connectivity index is 2.41. The average molecular weight is 294 g/mol. The molecular weight excluding hydrogens is 278 g/mol. The summed E-state index contributed by atoms with van der Waals surface area (Å²) in [6.07, 6.45) is 3.24. The molecule has 1 aromatic carbocycles. The van der Waals surface area contributed by atoms with Crippen molar-refractivity contribution in [3.8, 4) is 11.5 Å². The fourth-order valence-electron chi connectivity index (χ4n) is 2.13. The van der Waals surface area contributed by atoms with E-state index in [0.29, 0.717) is 11.3 Å². The molecule has 0 amide bonds. The lowest BCUT2D eigenvalue weighted by molar-refractivity contribution is -0.0506. The molecule has 2 aromatic rings. The first kappa shape index (κ1) is 15.2. The van der Waals surface area contributed by atoms with Crippen molar-refractivity contribution in [1.29, 1.82) is 0 Å². The van der Waals surface area contributed by atoms with Gasteiger partial charge in [-0.15, -0.1) is 0 Å². The highest BCUT2D eigenvalue weighted by Crippen LogP contribution is 2.31. The zero-order chi connectivity index (χ0) is 15.2. The maximum absolute atomic E-state index is 12.5. The highest BCUT2D eigenvalue weighted by Gasteiger charge is 2.19. The van der Waals surface area contributed by atoms with Gasteiger partial charge in [0.05, 0.1) is 19.3 Å². The first-order valence-electron chi connectivity index (χ1n) is 6.35. The number of nitrogens with one attached hydrogen (secondary N) is 1. The molecular formula is C15H16F2N2O2. The maximum atomic E-state index is 12.5. The van der Waals surface area contributed by atoms with Gasteiger partial charge in [-0.2, -0.15) is 8.78 Å². The molecule has 1 unspecified atom stereocenters. The van der Waals surface area contributed by atoms with Gasteiger partial charge in [-0.05, 0) is 24.7 Å². The first-order valence-corrected chi connectivity index (χ1v) is 6.35. The summed E-state index contributed by atoms with van der Waals surface area (Å²) in [5, 5.41) is 3.08. The molecule has 0 aliphatic heterocycles. The zero-order valence-corrected chi connectivity index (χ0v) is 11.7. The van der Waals surface area contributed by atoms with Gasteiger partial charge in [-0.25, -0.2) is 0 Å². The van der Waals surface area contributed by atoms with E-state index in [1.165, 1.54) is 6.07 Å². The van der Waals surface area contributed by atoms with Crippen molar-refractivity contribution in [3.05, 3.63) is 53.9 Å². The van der Waals surface area contributed by atoms with Gasteiger partial charge in [0.25, 0.3) is 0 Å². The molecule has 0 saturated carbocycles. The molecule has 6 heteroatoms. The van der Waals surface area contributed by atoms with Crippen molar-refractivity contribution in [3.63, 3.8) is 0 Å². The lowest BCUT2D eigenvalue weighted by Crippen LogP contribution is -2.19. The van der Waals surface area contributed by atoms with E-state index in [1.807, 2.05) is 0 Å². The Hall–Kier alpha value is -2.21. The third-order valence-electron chi connectivity index (χ3n) is 3.04. The molecule has 0 fully saturated rings. The van der Waals surface area contributed by atoms with E-state index in [2.05, 4.69) is 15.0 Å². The molecule has 0 radical (unpaired) electrons. The van der Waals surface area contributed by atoms with Gasteiger partial charge in [0, 0.05) is 11.8 Å². The third-order valence-corrected chi connectivity index (χ3v) is 3.04. The number of nitrogens with zero attached hydrogens (tertiary/aromatic N) is 1. The van der Waals surface area contributed by atoms with E-state index in [1.54, 1.807) is 50.8 Å². The summed E-state index contributed by atoms with van der Waals surface area (Å²) in [5.41, 5.74) is 1.40. The van der Waals surface area contributed by atoms with E-state index in [4.69, 9.17) is 4.74 Å². The molecule has 1 aromatic heterocycles. The van der Waals surface area contributed by atoms with Crippen LogP contribution in [0.1, 0.15) is 17.2 Å². The van der Waals surface area contributed by atoms with Crippen LogP contribution in [-0.2, 0) is 0 Å². The quantitative estimate of drug-likeness (QED) is 0.889. The van der Waals surface area contributed by atoms with Crippen molar-refractivity contribution in [2.45, 2.75) is 12.7 Å². The number of rotatable bonds is 6. The lowest BCUT2D eigenvalue weighted by Gasteiger charge is -2.20. The van der Waals surface area contributed by atoms with Crippen LogP contribution in [0.2, 0.25) is 0 Å². The minimum Gasteiger partial charge on any atom is -0.495 e. The standard InChI is InChI=1S/C15H16F2N2O2/c1-18-14(10-7-11(20-2)9-19-8-10)12-5-3-4-6-13(12)21-15(16)17/h3-9,14-15,18H,1-2H3. The van der Waals surface area contributed by atoms with Crippen LogP contribution in [0.15, 0.2) is 42.7 Å². The molecule has 1 heterocycles. The fraction of sp³-hybridized carbons (Fsp3) is 0.267. The lowest BCUT2D eigenvalue weighted by atomic mass is 9.99. The van der Waals surface area contributed by atoms with Crippen molar-refractivity contribution >= 4 is 0 Å². The monoisotopic (exact) mass is 294 g/mol. The Morgan fingerprint density at radius 3 is 2.62 bits per heavy atom. The van der Waals surface area contributed by atoms with Gasteiger partial charge in [0.2, 0.25) is 0 Å². The molecule has 112 valence electrons. The van der Waals surface area contributed by atoms with Crippen molar-refractivity contribution < 1.29 is 18.3 Å². The summed E-state index contributed by atoms with van der Waals surface area (Å²) in [4.78, 5) is 4.09. The number of hydrogen-bond acceptors (Lipinski definition) is 4. The molecule has 1 atom stereocenters. The smallest absolute Gasteiger partial charge is 0.387 e. The molecule has 0 bridgehead atoms. The number of hydrogen-bond donors (Lipinski definition) is 1. The van der Waals surface area contributed by atoms with Gasteiger partial charge >= 0.3 is 6.61 Å². The van der Waals surface area contributed by atoms with Crippen molar-refractivity contribution in [1.82, 2.24) is 10.3 Å². The van der Waals surface area contributed by atoms with Crippen LogP contribution in [0.5, 0.6) is 11.5 Å². The number of ether oxygens (including phenoxy) is 2. The van der Waals surface area contributed by atoms with Crippen LogP contribution in [-0.4, -0.2) is 25.8 Å². The number of pyridine rings is 1. The summed E-state index contributed by atoms with van der Waals surface area (Å²) in [6.45, 7) is -2.87. The third kappa shape index (κ3) is 3.66. The van der Waals surface area contributed by atoms with E-state index in [9.17, 15) is 8.78 Å². The summed E-state index contributed by atoms with van der Waals surface area (Å²) < 4.78 is 34.7. The van der Waals surface area contributed by atoms with Crippen LogP contribution in [0.4, 0.5) is 8.78 Å². The predicted octanol–water partition coefficient (Wildman–Crippen LogP) is 3.00. The number of benzene rings is 1. The van der Waals surface area contributed by atoms with Crippen LogP contribution in [0.3, 0.4) is 0 Å². The normalized spacial score (nSPS) is 12.2. The van der Waals surface area contributed by atoms with Gasteiger partial charge in [0.15, 0.2) is 0 Å². The molecule has 0 aliphatic carbocycles. The number of methoxy groups -OCH3 is 1. The second kappa shape index (κ2) is 6.99. The molecule has 4 nitrogen and oxygen atoms in total. The SMILES string of the molecule is CNC(c1cncc(OC)c1)c1ccccc1OC(F)F. The number of halogens is 2. The van der Waals surface area contributed by atoms with Gasteiger partial charge in [0.1, 0.15) is 11.5 Å². The number of para-hydroxylation sites is 1. The van der Waals surface area contributed by atoms with E-state index in [-0.39, 0.29) is 11.8 Å². The van der Waals surface area contributed by atoms with E-state index >= 15 is 0 Å². The Morgan fingerprint density at radius 1 is 1.19 bits per heavy atom. The molecule has 0 spiro atoms. The number of alkyl halides is 2. The van der Waals surface area contributed by atoms with Gasteiger partial charge in [-0.3, -0.25) is 4.98 Å². The molecule has 0 aliphatic rings. The Labute approximate surface area is 121 Å². The number of aromatic nitrogens is 1. The molecule has 0 saturated heterocycles. The Morgan fingerprint density at radius 2 is 1.95 bits per heavy atom. The first-order chi connectivity index (χ1) is 10.2. The fourth-order valence-corrected chi connectivity index (χ4v) is 2.13. The van der Waals surface area contributed by atoms with Crippen molar-refractivity contribution in [2.24, 2.45) is 0 Å². The molecule has 1 N–H and O–H groups in total. The molecule has 2 rings (SSSR count). The highest BCUT2D eigenvalue weighted by atomic mass is 19.3. The Bertz CT molecular complexity index is 593. The molecule has 21 heavy (non-hydrogen) atoms. The van der Waals surface area contributed by atoms with Crippen LogP contribution in [0.25, 0.3) is 0 Å². The predicted molar refractivity (Wildman–Crippen MR) is 74.8 cm³/mol. The average Bonchev–Trinajstić information content (AvgIpc) is 2.49. The van der Waals surface area contributed by atoms with Crippen molar-refractivity contribution in [2.75, 3.05) is 14.2 Å². The largest absolute Gasteiger partial charge is 0.495 e. The minimum atomic E-state index is -2.87. The summed E-state index contributed by atoms with van der Waals surface area (Å²) in [7, 11) is 3.28. The highest BCUT2D eigenvalue weighted by molar-refractivity contribution is 5.42. The van der Waals surface area contributed by atoms with E-state index < -0.39 is 6.61 Å². The van der Waals surface area contributed by atoms with Gasteiger partial charge < -0.3 is 14.8 Å². The minimum absolute atomic E-state index is 0.134. The van der Waals surface area contributed by atoms with Gasteiger partial charge in [-0.1, -0.05) is 18.2 Å².